The van der Waals surface area contributed by atoms with Gasteiger partial charge < -0.3 is 28.8 Å². The van der Waals surface area contributed by atoms with Gasteiger partial charge in [0.25, 0.3) is 5.91 Å². The lowest BCUT2D eigenvalue weighted by molar-refractivity contribution is 0.0952. The number of hydrogen-bond acceptors (Lipinski definition) is 6. The number of aryl methyl sites for hydroxylation is 4. The zero-order chi connectivity index (χ0) is 29.9. The molecule has 0 aliphatic carbocycles. The number of hydrogen-bond donors (Lipinski definition) is 1. The molecular formula is C34H43N3O5. The Labute approximate surface area is 249 Å². The van der Waals surface area contributed by atoms with Crippen LogP contribution in [0.2, 0.25) is 0 Å². The number of para-hydroxylation sites is 2. The predicted molar refractivity (Wildman–Crippen MR) is 166 cm³/mol. The van der Waals surface area contributed by atoms with E-state index >= 15 is 0 Å². The van der Waals surface area contributed by atoms with Crippen LogP contribution in [-0.2, 0) is 13.0 Å². The van der Waals surface area contributed by atoms with Crippen molar-refractivity contribution in [3.8, 4) is 23.0 Å². The van der Waals surface area contributed by atoms with Gasteiger partial charge in [0.1, 0.15) is 11.6 Å². The maximum Gasteiger partial charge on any atom is 0.251 e. The molecule has 3 aromatic carbocycles. The molecule has 8 nitrogen and oxygen atoms in total. The SMILES string of the molecule is COc1cc(C(=O)NCCCCCc2nc3ccccc3n2CCCCOc2ccc(C)c(C)c2)cc(OC)c1OC. The van der Waals surface area contributed by atoms with Gasteiger partial charge in [-0.25, -0.2) is 4.98 Å². The van der Waals surface area contributed by atoms with Crippen molar-refractivity contribution in [2.45, 2.75) is 58.9 Å². The molecule has 0 spiro atoms. The lowest BCUT2D eigenvalue weighted by Crippen LogP contribution is -2.24. The average molecular weight is 574 g/mol. The number of amides is 1. The van der Waals surface area contributed by atoms with Crippen molar-refractivity contribution in [2.24, 2.45) is 0 Å². The predicted octanol–water partition coefficient (Wildman–Crippen LogP) is 6.68. The van der Waals surface area contributed by atoms with Gasteiger partial charge in [-0.15, -0.1) is 0 Å². The molecule has 0 fully saturated rings. The summed E-state index contributed by atoms with van der Waals surface area (Å²) in [5.41, 5.74) is 5.22. The lowest BCUT2D eigenvalue weighted by atomic mass is 10.1. The normalized spacial score (nSPS) is 11.0. The molecule has 8 heteroatoms. The molecule has 0 aliphatic heterocycles. The molecule has 0 atom stereocenters. The van der Waals surface area contributed by atoms with Crippen LogP contribution in [0, 0.1) is 13.8 Å². The number of ether oxygens (including phenoxy) is 4. The number of imidazole rings is 1. The first-order valence-corrected chi connectivity index (χ1v) is 14.7. The van der Waals surface area contributed by atoms with E-state index in [1.165, 1.54) is 30.9 Å². The van der Waals surface area contributed by atoms with E-state index in [0.717, 1.165) is 62.2 Å². The van der Waals surface area contributed by atoms with Crippen LogP contribution >= 0.6 is 0 Å². The Morgan fingerprint density at radius 2 is 1.60 bits per heavy atom. The van der Waals surface area contributed by atoms with Crippen molar-refractivity contribution in [1.82, 2.24) is 14.9 Å². The largest absolute Gasteiger partial charge is 0.494 e. The van der Waals surface area contributed by atoms with Crippen LogP contribution in [0.4, 0.5) is 0 Å². The summed E-state index contributed by atoms with van der Waals surface area (Å²) in [4.78, 5) is 17.7. The van der Waals surface area contributed by atoms with Crippen molar-refractivity contribution in [1.29, 1.82) is 0 Å². The Balaban J connectivity index is 1.24. The van der Waals surface area contributed by atoms with Gasteiger partial charge in [0.05, 0.1) is 39.0 Å². The highest BCUT2D eigenvalue weighted by atomic mass is 16.5. The fourth-order valence-electron chi connectivity index (χ4n) is 5.03. The fraction of sp³-hybridized carbons (Fsp3) is 0.412. The van der Waals surface area contributed by atoms with E-state index in [4.69, 9.17) is 23.9 Å². The van der Waals surface area contributed by atoms with Gasteiger partial charge in [-0.05, 0) is 87.1 Å². The Kier molecular flexibility index (Phi) is 11.1. The topological polar surface area (TPSA) is 83.8 Å². The smallest absolute Gasteiger partial charge is 0.251 e. The van der Waals surface area contributed by atoms with Crippen LogP contribution in [0.1, 0.15) is 59.4 Å². The second-order valence-corrected chi connectivity index (χ2v) is 10.5. The zero-order valence-electron chi connectivity index (χ0n) is 25.5. The number of rotatable bonds is 16. The third-order valence-corrected chi connectivity index (χ3v) is 7.55. The molecule has 42 heavy (non-hydrogen) atoms. The summed E-state index contributed by atoms with van der Waals surface area (Å²) >= 11 is 0. The van der Waals surface area contributed by atoms with Crippen LogP contribution in [0.15, 0.2) is 54.6 Å². The third-order valence-electron chi connectivity index (χ3n) is 7.55. The van der Waals surface area contributed by atoms with Crippen molar-refractivity contribution >= 4 is 16.9 Å². The van der Waals surface area contributed by atoms with E-state index in [2.05, 4.69) is 54.1 Å². The Bertz CT molecular complexity index is 1450. The number of aromatic nitrogens is 2. The standard InChI is InChI=1S/C34H43N3O5/c1-24-16-17-27(21-25(24)2)42-20-12-11-19-37-29-14-9-8-13-28(29)36-32(37)15-7-6-10-18-35-34(38)26-22-30(39-3)33(41-5)31(23-26)40-4/h8-9,13-14,16-17,21-23H,6-7,10-12,15,18-20H2,1-5H3,(H,35,38). The number of benzene rings is 3. The summed E-state index contributed by atoms with van der Waals surface area (Å²) in [6, 6.07) is 17.9. The highest BCUT2D eigenvalue weighted by molar-refractivity contribution is 5.95. The van der Waals surface area contributed by atoms with E-state index in [1.807, 2.05) is 12.1 Å². The highest BCUT2D eigenvalue weighted by Crippen LogP contribution is 2.38. The van der Waals surface area contributed by atoms with Crippen LogP contribution in [-0.4, -0.2) is 49.9 Å². The molecule has 0 unspecified atom stereocenters. The number of methoxy groups -OCH3 is 3. The van der Waals surface area contributed by atoms with Crippen LogP contribution in [0.25, 0.3) is 11.0 Å². The minimum Gasteiger partial charge on any atom is -0.494 e. The van der Waals surface area contributed by atoms with Crippen molar-refractivity contribution < 1.29 is 23.7 Å². The minimum absolute atomic E-state index is 0.169. The van der Waals surface area contributed by atoms with E-state index in [-0.39, 0.29) is 5.91 Å². The number of unbranched alkanes of at least 4 members (excludes halogenated alkanes) is 3. The molecule has 4 rings (SSSR count). The van der Waals surface area contributed by atoms with E-state index in [9.17, 15) is 4.79 Å². The zero-order valence-corrected chi connectivity index (χ0v) is 25.5. The number of fused-ring (bicyclic) bond motifs is 1. The molecule has 0 bridgehead atoms. The molecular weight excluding hydrogens is 530 g/mol. The fourth-order valence-corrected chi connectivity index (χ4v) is 5.03. The lowest BCUT2D eigenvalue weighted by Gasteiger charge is -2.14. The van der Waals surface area contributed by atoms with E-state index < -0.39 is 0 Å². The van der Waals surface area contributed by atoms with Gasteiger partial charge >= 0.3 is 0 Å². The molecule has 1 amide bonds. The molecule has 224 valence electrons. The monoisotopic (exact) mass is 573 g/mol. The molecule has 1 aromatic heterocycles. The average Bonchev–Trinajstić information content (AvgIpc) is 3.36. The first-order chi connectivity index (χ1) is 20.4. The van der Waals surface area contributed by atoms with Crippen LogP contribution < -0.4 is 24.3 Å². The Hall–Kier alpha value is -4.20. The molecule has 0 saturated heterocycles. The van der Waals surface area contributed by atoms with Crippen LogP contribution in [0.5, 0.6) is 23.0 Å². The minimum atomic E-state index is -0.169. The van der Waals surface area contributed by atoms with Gasteiger partial charge in [0.2, 0.25) is 5.75 Å². The van der Waals surface area contributed by atoms with Gasteiger partial charge in [-0.2, -0.15) is 0 Å². The van der Waals surface area contributed by atoms with Crippen molar-refractivity contribution in [3.63, 3.8) is 0 Å². The van der Waals surface area contributed by atoms with E-state index in [1.54, 1.807) is 19.2 Å². The molecule has 1 N–H and O–H groups in total. The molecule has 4 aromatic rings. The third kappa shape index (κ3) is 7.75. The van der Waals surface area contributed by atoms with E-state index in [0.29, 0.717) is 36.0 Å². The van der Waals surface area contributed by atoms with Gasteiger partial charge in [-0.3, -0.25) is 4.79 Å². The van der Waals surface area contributed by atoms with Gasteiger partial charge in [0, 0.05) is 25.1 Å². The Morgan fingerprint density at radius 3 is 2.31 bits per heavy atom. The summed E-state index contributed by atoms with van der Waals surface area (Å²) in [7, 11) is 4.61. The summed E-state index contributed by atoms with van der Waals surface area (Å²) in [5, 5.41) is 3.00. The second-order valence-electron chi connectivity index (χ2n) is 10.5. The summed E-state index contributed by atoms with van der Waals surface area (Å²) < 4.78 is 24.4. The van der Waals surface area contributed by atoms with Gasteiger partial charge in [-0.1, -0.05) is 24.6 Å². The number of carbonyl (C=O) groups excluding carboxylic acids is 1. The van der Waals surface area contributed by atoms with Crippen LogP contribution in [0.3, 0.4) is 0 Å². The van der Waals surface area contributed by atoms with Crippen molar-refractivity contribution in [3.05, 3.63) is 77.1 Å². The quantitative estimate of drug-likeness (QED) is 0.151. The maximum absolute atomic E-state index is 12.7. The molecule has 0 aliphatic rings. The molecule has 0 radical (unpaired) electrons. The Morgan fingerprint density at radius 1 is 0.833 bits per heavy atom. The second kappa shape index (κ2) is 15.1. The summed E-state index contributed by atoms with van der Waals surface area (Å²) in [6.45, 7) is 6.43. The number of nitrogens with zero attached hydrogens (tertiary/aromatic N) is 2. The first-order valence-electron chi connectivity index (χ1n) is 14.7. The first kappa shape index (κ1) is 30.8. The molecule has 1 heterocycles. The van der Waals surface area contributed by atoms with Gasteiger partial charge in [0.15, 0.2) is 11.5 Å². The number of nitrogens with one attached hydrogen (secondary N) is 1. The number of carbonyl (C=O) groups is 1. The summed E-state index contributed by atoms with van der Waals surface area (Å²) in [5.74, 6) is 3.27. The maximum atomic E-state index is 12.7. The highest BCUT2D eigenvalue weighted by Gasteiger charge is 2.17. The molecule has 0 saturated carbocycles. The van der Waals surface area contributed by atoms with Crippen molar-refractivity contribution in [2.75, 3.05) is 34.5 Å². The summed E-state index contributed by atoms with van der Waals surface area (Å²) in [6.07, 6.45) is 5.76.